The van der Waals surface area contributed by atoms with Crippen LogP contribution in [0.5, 0.6) is 0 Å². The number of benzene rings is 1. The van der Waals surface area contributed by atoms with E-state index >= 15 is 0 Å². The van der Waals surface area contributed by atoms with Crippen LogP contribution in [0.15, 0.2) is 18.2 Å². The summed E-state index contributed by atoms with van der Waals surface area (Å²) < 4.78 is 5.26. The van der Waals surface area contributed by atoms with Crippen molar-refractivity contribution in [1.29, 1.82) is 0 Å². The zero-order chi connectivity index (χ0) is 12.3. The van der Waals surface area contributed by atoms with Gasteiger partial charge in [0, 0.05) is 0 Å². The van der Waals surface area contributed by atoms with E-state index in [0.717, 1.165) is 25.7 Å². The Balaban J connectivity index is 1.95. The van der Waals surface area contributed by atoms with Crippen LogP contribution in [-0.2, 0) is 4.74 Å². The standard InChI is InChI=1S/C12H13Cl2NO2/c13-9-6-3-7-10(11(9)14)15-12(16)17-8-4-1-2-5-8/h3,6-8H,1-2,4-5H2,(H,15,16). The summed E-state index contributed by atoms with van der Waals surface area (Å²) in [6.07, 6.45) is 3.69. The van der Waals surface area contributed by atoms with Crippen LogP contribution < -0.4 is 5.32 Å². The molecule has 1 aliphatic carbocycles. The number of carbonyl (C=O) groups is 1. The molecule has 0 atom stereocenters. The fourth-order valence-electron chi connectivity index (χ4n) is 1.90. The van der Waals surface area contributed by atoms with Crippen molar-refractivity contribution in [2.45, 2.75) is 31.8 Å². The van der Waals surface area contributed by atoms with E-state index in [2.05, 4.69) is 5.32 Å². The van der Waals surface area contributed by atoms with E-state index in [1.54, 1.807) is 18.2 Å². The minimum atomic E-state index is -0.471. The Morgan fingerprint density at radius 1 is 1.29 bits per heavy atom. The highest BCUT2D eigenvalue weighted by molar-refractivity contribution is 6.43. The summed E-state index contributed by atoms with van der Waals surface area (Å²) in [6, 6.07) is 5.07. The van der Waals surface area contributed by atoms with Gasteiger partial charge in [-0.05, 0) is 37.8 Å². The van der Waals surface area contributed by atoms with Gasteiger partial charge < -0.3 is 4.74 Å². The second-order valence-corrected chi connectivity index (χ2v) is 4.82. The van der Waals surface area contributed by atoms with Gasteiger partial charge in [-0.2, -0.15) is 0 Å². The lowest BCUT2D eigenvalue weighted by molar-refractivity contribution is 0.114. The quantitative estimate of drug-likeness (QED) is 0.863. The van der Waals surface area contributed by atoms with Gasteiger partial charge in [-0.25, -0.2) is 4.79 Å². The summed E-state index contributed by atoms with van der Waals surface area (Å²) in [5.74, 6) is 0. The van der Waals surface area contributed by atoms with Gasteiger partial charge in [-0.15, -0.1) is 0 Å². The molecule has 0 heterocycles. The van der Waals surface area contributed by atoms with Crippen molar-refractivity contribution in [3.63, 3.8) is 0 Å². The fourth-order valence-corrected chi connectivity index (χ4v) is 2.25. The molecular formula is C12H13Cl2NO2. The maximum Gasteiger partial charge on any atom is 0.411 e. The van der Waals surface area contributed by atoms with E-state index in [-0.39, 0.29) is 6.10 Å². The zero-order valence-corrected chi connectivity index (χ0v) is 10.7. The number of carbonyl (C=O) groups excluding carboxylic acids is 1. The minimum Gasteiger partial charge on any atom is -0.446 e. The third-order valence-corrected chi connectivity index (χ3v) is 3.58. The number of hydrogen-bond acceptors (Lipinski definition) is 2. The highest BCUT2D eigenvalue weighted by atomic mass is 35.5. The van der Waals surface area contributed by atoms with Crippen molar-refractivity contribution < 1.29 is 9.53 Å². The molecule has 17 heavy (non-hydrogen) atoms. The molecule has 1 N–H and O–H groups in total. The number of ether oxygens (including phenoxy) is 1. The van der Waals surface area contributed by atoms with Gasteiger partial charge in [0.1, 0.15) is 6.10 Å². The van der Waals surface area contributed by atoms with Gasteiger partial charge in [0.15, 0.2) is 0 Å². The van der Waals surface area contributed by atoms with Crippen molar-refractivity contribution in [2.24, 2.45) is 0 Å². The molecule has 0 bridgehead atoms. The molecule has 2 rings (SSSR count). The van der Waals surface area contributed by atoms with Crippen molar-refractivity contribution in [1.82, 2.24) is 0 Å². The smallest absolute Gasteiger partial charge is 0.411 e. The first-order valence-corrected chi connectivity index (χ1v) is 6.34. The van der Waals surface area contributed by atoms with E-state index in [4.69, 9.17) is 27.9 Å². The van der Waals surface area contributed by atoms with Crippen molar-refractivity contribution in [2.75, 3.05) is 5.32 Å². The van der Waals surface area contributed by atoms with Crippen LogP contribution in [0.1, 0.15) is 25.7 Å². The second-order valence-electron chi connectivity index (χ2n) is 4.04. The topological polar surface area (TPSA) is 38.3 Å². The third kappa shape index (κ3) is 3.27. The van der Waals surface area contributed by atoms with Crippen LogP contribution in [0.3, 0.4) is 0 Å². The molecule has 0 spiro atoms. The average Bonchev–Trinajstić information content (AvgIpc) is 2.77. The molecule has 92 valence electrons. The number of hydrogen-bond donors (Lipinski definition) is 1. The molecule has 0 unspecified atom stereocenters. The van der Waals surface area contributed by atoms with Crippen LogP contribution >= 0.6 is 23.2 Å². The minimum absolute atomic E-state index is 0.0351. The Labute approximate surface area is 110 Å². The normalized spacial score (nSPS) is 15.9. The number of amides is 1. The van der Waals surface area contributed by atoms with Gasteiger partial charge in [0.2, 0.25) is 0 Å². The molecule has 1 amide bonds. The molecule has 0 saturated heterocycles. The Bertz CT molecular complexity index is 417. The van der Waals surface area contributed by atoms with Crippen LogP contribution in [0.4, 0.5) is 10.5 Å². The second kappa shape index (κ2) is 5.61. The molecule has 1 fully saturated rings. The molecule has 0 aromatic heterocycles. The number of halogens is 2. The predicted octanol–water partition coefficient (Wildman–Crippen LogP) is 4.48. The van der Waals surface area contributed by atoms with Gasteiger partial charge in [-0.3, -0.25) is 5.32 Å². The first-order valence-electron chi connectivity index (χ1n) is 5.58. The summed E-state index contributed by atoms with van der Waals surface area (Å²) >= 11 is 11.8. The van der Waals surface area contributed by atoms with E-state index in [9.17, 15) is 4.79 Å². The van der Waals surface area contributed by atoms with Crippen LogP contribution in [0, 0.1) is 0 Å². The lowest BCUT2D eigenvalue weighted by Gasteiger charge is -2.13. The highest BCUT2D eigenvalue weighted by Crippen LogP contribution is 2.30. The molecule has 1 aliphatic rings. The summed E-state index contributed by atoms with van der Waals surface area (Å²) in [6.45, 7) is 0. The van der Waals surface area contributed by atoms with E-state index < -0.39 is 6.09 Å². The Morgan fingerprint density at radius 3 is 2.71 bits per heavy atom. The Morgan fingerprint density at radius 2 is 2.00 bits per heavy atom. The highest BCUT2D eigenvalue weighted by Gasteiger charge is 2.19. The number of nitrogens with one attached hydrogen (secondary N) is 1. The molecule has 1 aromatic rings. The summed E-state index contributed by atoms with van der Waals surface area (Å²) in [5.41, 5.74) is 0.474. The van der Waals surface area contributed by atoms with E-state index in [0.29, 0.717) is 15.7 Å². The first-order chi connectivity index (χ1) is 8.16. The monoisotopic (exact) mass is 273 g/mol. The van der Waals surface area contributed by atoms with Gasteiger partial charge in [0.05, 0.1) is 15.7 Å². The Hall–Kier alpha value is -0.930. The van der Waals surface area contributed by atoms with Crippen molar-refractivity contribution >= 4 is 35.0 Å². The maximum absolute atomic E-state index is 11.6. The van der Waals surface area contributed by atoms with Gasteiger partial charge in [0.25, 0.3) is 0 Å². The number of rotatable bonds is 2. The number of anilines is 1. The molecule has 1 saturated carbocycles. The third-order valence-electron chi connectivity index (χ3n) is 2.76. The van der Waals surface area contributed by atoms with Crippen LogP contribution in [0.25, 0.3) is 0 Å². The van der Waals surface area contributed by atoms with Crippen molar-refractivity contribution in [3.05, 3.63) is 28.2 Å². The molecule has 0 aliphatic heterocycles. The van der Waals surface area contributed by atoms with Gasteiger partial charge >= 0.3 is 6.09 Å². The first kappa shape index (κ1) is 12.5. The lowest BCUT2D eigenvalue weighted by atomic mass is 10.3. The summed E-state index contributed by atoms with van der Waals surface area (Å²) in [7, 11) is 0. The van der Waals surface area contributed by atoms with Gasteiger partial charge in [-0.1, -0.05) is 29.3 Å². The SMILES string of the molecule is O=C(Nc1cccc(Cl)c1Cl)OC1CCCC1. The van der Waals surface area contributed by atoms with Crippen molar-refractivity contribution in [3.8, 4) is 0 Å². The molecule has 3 nitrogen and oxygen atoms in total. The molecule has 5 heteroatoms. The molecule has 0 radical (unpaired) electrons. The summed E-state index contributed by atoms with van der Waals surface area (Å²) in [5, 5.41) is 3.34. The average molecular weight is 274 g/mol. The van der Waals surface area contributed by atoms with E-state index in [1.165, 1.54) is 0 Å². The van der Waals surface area contributed by atoms with Crippen LogP contribution in [-0.4, -0.2) is 12.2 Å². The fraction of sp³-hybridized carbons (Fsp3) is 0.417. The molecular weight excluding hydrogens is 261 g/mol. The van der Waals surface area contributed by atoms with Crippen LogP contribution in [0.2, 0.25) is 10.0 Å². The van der Waals surface area contributed by atoms with E-state index in [1.807, 2.05) is 0 Å². The molecule has 1 aromatic carbocycles. The zero-order valence-electron chi connectivity index (χ0n) is 9.21. The maximum atomic E-state index is 11.6. The Kier molecular flexibility index (Phi) is 4.13. The summed E-state index contributed by atoms with van der Waals surface area (Å²) in [4.78, 5) is 11.6. The predicted molar refractivity (Wildman–Crippen MR) is 68.8 cm³/mol. The largest absolute Gasteiger partial charge is 0.446 e. The lowest BCUT2D eigenvalue weighted by Crippen LogP contribution is -2.20.